The van der Waals surface area contributed by atoms with Crippen molar-refractivity contribution in [2.75, 3.05) is 6.61 Å². The third-order valence-corrected chi connectivity index (χ3v) is 6.73. The molecule has 0 aromatic heterocycles. The van der Waals surface area contributed by atoms with Crippen LogP contribution in [0.25, 0.3) is 0 Å². The van der Waals surface area contributed by atoms with E-state index >= 15 is 0 Å². The van der Waals surface area contributed by atoms with Gasteiger partial charge in [-0.05, 0) is 51.2 Å². The number of rotatable bonds is 13. The molecule has 0 saturated heterocycles. The van der Waals surface area contributed by atoms with Crippen LogP contribution in [0.2, 0.25) is 0 Å². The van der Waals surface area contributed by atoms with E-state index in [0.717, 1.165) is 38.3 Å². The molecule has 0 amide bonds. The second kappa shape index (κ2) is 12.6. The zero-order valence-corrected chi connectivity index (χ0v) is 22.0. The van der Waals surface area contributed by atoms with Crippen molar-refractivity contribution in [1.29, 1.82) is 0 Å². The van der Waals surface area contributed by atoms with E-state index in [1.807, 2.05) is 13.8 Å². The molecule has 1 aromatic carbocycles. The molecule has 0 bridgehead atoms. The van der Waals surface area contributed by atoms with Crippen molar-refractivity contribution >= 4 is 5.97 Å². The third-order valence-electron chi connectivity index (χ3n) is 6.73. The Bertz CT molecular complexity index is 801. The molecule has 2 atom stereocenters. The molecule has 0 heterocycles. The van der Waals surface area contributed by atoms with Crippen molar-refractivity contribution < 1.29 is 45.3 Å². The van der Waals surface area contributed by atoms with Gasteiger partial charge < -0.3 is 14.2 Å². The fourth-order valence-electron chi connectivity index (χ4n) is 3.57. The van der Waals surface area contributed by atoms with Gasteiger partial charge in [0.05, 0.1) is 5.41 Å². The summed E-state index contributed by atoms with van der Waals surface area (Å²) in [5.74, 6) is -0.693. The maximum Gasteiger partial charge on any atom is 0.430 e. The van der Waals surface area contributed by atoms with Crippen molar-refractivity contribution in [2.45, 2.75) is 98.4 Å². The van der Waals surface area contributed by atoms with Crippen LogP contribution in [0.3, 0.4) is 0 Å². The van der Waals surface area contributed by atoms with Crippen molar-refractivity contribution in [3.63, 3.8) is 0 Å². The maximum atomic E-state index is 14.1. The monoisotopic (exact) mass is 528 g/mol. The number of hydrogen-bond acceptors (Lipinski definition) is 4. The highest BCUT2D eigenvalue weighted by molar-refractivity contribution is 5.78. The molecule has 2 unspecified atom stereocenters. The van der Waals surface area contributed by atoms with E-state index < -0.39 is 41.2 Å². The Morgan fingerprint density at radius 1 is 0.889 bits per heavy atom. The molecular formula is C26H38F6O4. The molecule has 4 nitrogen and oxygen atoms in total. The Morgan fingerprint density at radius 2 is 1.42 bits per heavy atom. The van der Waals surface area contributed by atoms with E-state index in [0.29, 0.717) is 18.6 Å². The highest BCUT2D eigenvalue weighted by atomic mass is 19.4. The Balaban J connectivity index is 3.23. The number of benzene rings is 1. The first-order chi connectivity index (χ1) is 16.4. The molecule has 0 radical (unpaired) electrons. The highest BCUT2D eigenvalue weighted by Gasteiger charge is 2.74. The van der Waals surface area contributed by atoms with Crippen molar-refractivity contribution in [2.24, 2.45) is 17.3 Å². The molecule has 10 heteroatoms. The van der Waals surface area contributed by atoms with Gasteiger partial charge in [0, 0.05) is 12.2 Å². The van der Waals surface area contributed by atoms with Crippen molar-refractivity contribution in [1.82, 2.24) is 0 Å². The van der Waals surface area contributed by atoms with Crippen LogP contribution in [0.5, 0.6) is 5.75 Å². The highest BCUT2D eigenvalue weighted by Crippen LogP contribution is 2.53. The fraction of sp³-hybridized carbons (Fsp3) is 0.731. The lowest BCUT2D eigenvalue weighted by atomic mass is 9.81. The van der Waals surface area contributed by atoms with Crippen LogP contribution in [0.1, 0.15) is 79.7 Å². The first-order valence-electron chi connectivity index (χ1n) is 12.2. The number of esters is 1. The molecule has 0 spiro atoms. The minimum absolute atomic E-state index is 0.0357. The molecule has 1 aromatic rings. The normalized spacial score (nSPS) is 15.2. The Kier molecular flexibility index (Phi) is 11.3. The Hall–Kier alpha value is -1.81. The number of halogens is 6. The van der Waals surface area contributed by atoms with Gasteiger partial charge in [-0.3, -0.25) is 4.79 Å². The zero-order valence-electron chi connectivity index (χ0n) is 22.0. The largest absolute Gasteiger partial charge is 0.430 e. The summed E-state index contributed by atoms with van der Waals surface area (Å²) >= 11 is 0. The van der Waals surface area contributed by atoms with Gasteiger partial charge in [0.15, 0.2) is 6.29 Å². The van der Waals surface area contributed by atoms with Gasteiger partial charge in [-0.2, -0.15) is 26.3 Å². The van der Waals surface area contributed by atoms with Gasteiger partial charge in [-0.25, -0.2) is 0 Å². The molecular weight excluding hydrogens is 490 g/mol. The minimum Gasteiger partial charge on any atom is -0.426 e. The smallest absolute Gasteiger partial charge is 0.426 e. The van der Waals surface area contributed by atoms with Gasteiger partial charge in [-0.15, -0.1) is 0 Å². The lowest BCUT2D eigenvalue weighted by Gasteiger charge is -2.39. The molecule has 0 saturated carbocycles. The molecule has 0 N–H and O–H groups in total. The van der Waals surface area contributed by atoms with Crippen LogP contribution in [-0.2, 0) is 19.9 Å². The van der Waals surface area contributed by atoms with Gasteiger partial charge >= 0.3 is 18.3 Å². The second-order valence-corrected chi connectivity index (χ2v) is 9.87. The SMILES string of the molecule is CCCC(CC)CCOC(C)OC(c1ccc(OC(=O)C(C)(C)C(C)C)cc1)(C(F)(F)F)C(F)(F)F. The molecule has 208 valence electrons. The summed E-state index contributed by atoms with van der Waals surface area (Å²) in [7, 11) is 0. The predicted molar refractivity (Wildman–Crippen MR) is 124 cm³/mol. The average Bonchev–Trinajstić information content (AvgIpc) is 2.75. The van der Waals surface area contributed by atoms with Crippen LogP contribution in [0, 0.1) is 17.3 Å². The summed E-state index contributed by atoms with van der Waals surface area (Å²) < 4.78 is 99.6. The van der Waals surface area contributed by atoms with Gasteiger partial charge in [0.1, 0.15) is 5.75 Å². The molecule has 1 rings (SSSR count). The van der Waals surface area contributed by atoms with Crippen LogP contribution < -0.4 is 4.74 Å². The van der Waals surface area contributed by atoms with Gasteiger partial charge in [0.2, 0.25) is 0 Å². The molecule has 0 aliphatic carbocycles. The van der Waals surface area contributed by atoms with E-state index in [1.54, 1.807) is 27.7 Å². The summed E-state index contributed by atoms with van der Waals surface area (Å²) in [6.45, 7) is 11.8. The van der Waals surface area contributed by atoms with E-state index in [9.17, 15) is 31.1 Å². The summed E-state index contributed by atoms with van der Waals surface area (Å²) in [5, 5.41) is 0. The number of alkyl halides is 6. The lowest BCUT2D eigenvalue weighted by molar-refractivity contribution is -0.415. The van der Waals surface area contributed by atoms with E-state index in [1.165, 1.54) is 0 Å². The topological polar surface area (TPSA) is 44.8 Å². The third kappa shape index (κ3) is 7.60. The van der Waals surface area contributed by atoms with Crippen molar-refractivity contribution in [3.8, 4) is 5.75 Å². The van der Waals surface area contributed by atoms with E-state index in [4.69, 9.17) is 9.47 Å². The summed E-state index contributed by atoms with van der Waals surface area (Å²) in [6, 6.07) is 2.99. The summed E-state index contributed by atoms with van der Waals surface area (Å²) in [5.41, 5.74) is -6.74. The Labute approximate surface area is 209 Å². The first-order valence-corrected chi connectivity index (χ1v) is 12.2. The average molecular weight is 529 g/mol. The number of carbonyl (C=O) groups excluding carboxylic acids is 1. The maximum absolute atomic E-state index is 14.1. The van der Waals surface area contributed by atoms with E-state index in [2.05, 4.69) is 4.74 Å². The van der Waals surface area contributed by atoms with Gasteiger partial charge in [-0.1, -0.05) is 59.1 Å². The fourth-order valence-corrected chi connectivity index (χ4v) is 3.57. The quantitative estimate of drug-likeness (QED) is 0.112. The minimum atomic E-state index is -5.85. The van der Waals surface area contributed by atoms with E-state index in [-0.39, 0.29) is 24.2 Å². The molecule has 0 aliphatic rings. The molecule has 36 heavy (non-hydrogen) atoms. The molecule has 0 aliphatic heterocycles. The molecule has 0 fully saturated rings. The standard InChI is InChI=1S/C26H38F6O4/c1-8-10-19(9-2)15-16-34-18(5)36-24(25(27,28)29,26(30,31)32)20-11-13-21(14-12-20)35-22(33)23(6,7)17(3)4/h11-14,17-19H,8-10,15-16H2,1-7H3. The Morgan fingerprint density at radius 3 is 1.83 bits per heavy atom. The second-order valence-electron chi connectivity index (χ2n) is 9.87. The predicted octanol–water partition coefficient (Wildman–Crippen LogP) is 8.19. The number of ether oxygens (including phenoxy) is 3. The lowest BCUT2D eigenvalue weighted by Crippen LogP contribution is -2.57. The first kappa shape index (κ1) is 32.2. The number of carbonyl (C=O) groups is 1. The van der Waals surface area contributed by atoms with Crippen LogP contribution >= 0.6 is 0 Å². The van der Waals surface area contributed by atoms with Crippen LogP contribution in [0.15, 0.2) is 24.3 Å². The van der Waals surface area contributed by atoms with Gasteiger partial charge in [0.25, 0.3) is 5.60 Å². The van der Waals surface area contributed by atoms with Crippen LogP contribution in [0.4, 0.5) is 26.3 Å². The number of hydrogen-bond donors (Lipinski definition) is 0. The zero-order chi connectivity index (χ0) is 27.9. The van der Waals surface area contributed by atoms with Crippen LogP contribution in [-0.4, -0.2) is 31.2 Å². The summed E-state index contributed by atoms with van der Waals surface area (Å²) in [4.78, 5) is 12.4. The summed E-state index contributed by atoms with van der Waals surface area (Å²) in [6.07, 6.45) is -10.4. The van der Waals surface area contributed by atoms with Crippen molar-refractivity contribution in [3.05, 3.63) is 29.8 Å².